The molecule has 0 bridgehead atoms. The molecule has 6 nitrogen and oxygen atoms in total. The van der Waals surface area contributed by atoms with Gasteiger partial charge < -0.3 is 9.30 Å². The molecule has 0 aliphatic rings. The molecule has 162 valence electrons. The van der Waals surface area contributed by atoms with Crippen LogP contribution in [0.25, 0.3) is 5.69 Å². The fourth-order valence-electron chi connectivity index (χ4n) is 3.26. The van der Waals surface area contributed by atoms with E-state index in [1.54, 1.807) is 36.6 Å². The first-order valence-electron chi connectivity index (χ1n) is 9.14. The third kappa shape index (κ3) is 4.86. The molecule has 0 aliphatic carbocycles. The van der Waals surface area contributed by atoms with Crippen molar-refractivity contribution >= 4 is 33.2 Å². The molecule has 0 fully saturated rings. The SMILES string of the molecule is Cc1cc(C(=O)COC(=O)c2ccc(Cl)c(S(C)(=O)=O)c2)c(C)n1-c1cccc(F)c1. The number of halogens is 2. The maximum absolute atomic E-state index is 13.6. The molecule has 0 saturated carbocycles. The van der Waals surface area contributed by atoms with E-state index in [1.807, 2.05) is 0 Å². The number of ketones is 1. The molecule has 0 unspecified atom stereocenters. The summed E-state index contributed by atoms with van der Waals surface area (Å²) in [6.07, 6.45) is 0.973. The predicted octanol–water partition coefficient (Wildman–Crippen LogP) is 4.33. The zero-order chi connectivity index (χ0) is 22.9. The van der Waals surface area contributed by atoms with Crippen LogP contribution >= 0.6 is 11.6 Å². The van der Waals surface area contributed by atoms with Crippen LogP contribution in [0.15, 0.2) is 53.4 Å². The van der Waals surface area contributed by atoms with Crippen LogP contribution in [0.5, 0.6) is 0 Å². The lowest BCUT2D eigenvalue weighted by atomic mass is 10.1. The van der Waals surface area contributed by atoms with E-state index in [0.717, 1.165) is 12.3 Å². The molecule has 0 N–H and O–H groups in total. The Morgan fingerprint density at radius 2 is 1.81 bits per heavy atom. The van der Waals surface area contributed by atoms with Crippen LogP contribution in [-0.2, 0) is 14.6 Å². The minimum Gasteiger partial charge on any atom is -0.454 e. The zero-order valence-electron chi connectivity index (χ0n) is 17.0. The summed E-state index contributed by atoms with van der Waals surface area (Å²) in [7, 11) is -3.64. The molecule has 0 atom stereocenters. The second kappa shape index (κ2) is 8.64. The Morgan fingerprint density at radius 1 is 1.10 bits per heavy atom. The largest absolute Gasteiger partial charge is 0.454 e. The normalized spacial score (nSPS) is 11.4. The molecule has 1 heterocycles. The maximum atomic E-state index is 13.6. The van der Waals surface area contributed by atoms with Crippen molar-refractivity contribution in [1.82, 2.24) is 4.57 Å². The number of hydrogen-bond acceptors (Lipinski definition) is 5. The Morgan fingerprint density at radius 3 is 2.45 bits per heavy atom. The summed E-state index contributed by atoms with van der Waals surface area (Å²) in [6, 6.07) is 11.3. The lowest BCUT2D eigenvalue weighted by Gasteiger charge is -2.10. The topological polar surface area (TPSA) is 82.4 Å². The Hall–Kier alpha value is -2.97. The summed E-state index contributed by atoms with van der Waals surface area (Å²) in [4.78, 5) is 24.8. The molecular weight excluding hydrogens is 445 g/mol. The molecule has 31 heavy (non-hydrogen) atoms. The van der Waals surface area contributed by atoms with Gasteiger partial charge in [0, 0.05) is 28.9 Å². The summed E-state index contributed by atoms with van der Waals surface area (Å²) in [5.74, 6) is -1.70. The van der Waals surface area contributed by atoms with Crippen LogP contribution in [0.2, 0.25) is 5.02 Å². The van der Waals surface area contributed by atoms with Crippen molar-refractivity contribution in [3.05, 3.63) is 81.9 Å². The van der Waals surface area contributed by atoms with Gasteiger partial charge in [-0.2, -0.15) is 0 Å². The van der Waals surface area contributed by atoms with Gasteiger partial charge in [0.15, 0.2) is 16.4 Å². The Bertz CT molecular complexity index is 1300. The van der Waals surface area contributed by atoms with Gasteiger partial charge in [0.25, 0.3) is 0 Å². The summed E-state index contributed by atoms with van der Waals surface area (Å²) in [5, 5.41) is -0.0140. The summed E-state index contributed by atoms with van der Waals surface area (Å²) < 4.78 is 44.0. The quantitative estimate of drug-likeness (QED) is 0.401. The van der Waals surface area contributed by atoms with Gasteiger partial charge in [0.2, 0.25) is 5.78 Å². The van der Waals surface area contributed by atoms with E-state index in [0.29, 0.717) is 22.6 Å². The van der Waals surface area contributed by atoms with E-state index >= 15 is 0 Å². The van der Waals surface area contributed by atoms with Gasteiger partial charge in [0.1, 0.15) is 5.82 Å². The number of carbonyl (C=O) groups excluding carboxylic acids is 2. The van der Waals surface area contributed by atoms with E-state index in [2.05, 4.69) is 0 Å². The number of rotatable bonds is 6. The van der Waals surface area contributed by atoms with Gasteiger partial charge in [-0.15, -0.1) is 0 Å². The van der Waals surface area contributed by atoms with Crippen molar-refractivity contribution in [3.63, 3.8) is 0 Å². The highest BCUT2D eigenvalue weighted by atomic mass is 35.5. The molecule has 1 aromatic heterocycles. The van der Waals surface area contributed by atoms with Crippen molar-refractivity contribution in [2.24, 2.45) is 0 Å². The van der Waals surface area contributed by atoms with Crippen LogP contribution in [0.1, 0.15) is 32.1 Å². The monoisotopic (exact) mass is 463 g/mol. The van der Waals surface area contributed by atoms with E-state index < -0.39 is 34.0 Å². The van der Waals surface area contributed by atoms with Gasteiger partial charge in [-0.25, -0.2) is 17.6 Å². The number of nitrogens with zero attached hydrogens (tertiary/aromatic N) is 1. The average Bonchev–Trinajstić information content (AvgIpc) is 2.99. The zero-order valence-corrected chi connectivity index (χ0v) is 18.6. The summed E-state index contributed by atoms with van der Waals surface area (Å²) in [5.41, 5.74) is 2.16. The fraction of sp³-hybridized carbons (Fsp3) is 0.182. The number of hydrogen-bond donors (Lipinski definition) is 0. The average molecular weight is 464 g/mol. The van der Waals surface area contributed by atoms with Crippen molar-refractivity contribution in [3.8, 4) is 5.69 Å². The lowest BCUT2D eigenvalue weighted by molar-refractivity contribution is 0.0474. The number of sulfone groups is 1. The summed E-state index contributed by atoms with van der Waals surface area (Å²) >= 11 is 5.88. The highest BCUT2D eigenvalue weighted by molar-refractivity contribution is 7.90. The Kier molecular flexibility index (Phi) is 6.33. The highest BCUT2D eigenvalue weighted by Crippen LogP contribution is 2.24. The predicted molar refractivity (Wildman–Crippen MR) is 114 cm³/mol. The second-order valence-corrected chi connectivity index (χ2v) is 9.41. The Labute approximate surface area is 184 Å². The van der Waals surface area contributed by atoms with Crippen LogP contribution in [-0.4, -0.2) is 37.6 Å². The van der Waals surface area contributed by atoms with E-state index in [-0.39, 0.29) is 15.5 Å². The molecule has 0 spiro atoms. The van der Waals surface area contributed by atoms with Crippen LogP contribution in [0.3, 0.4) is 0 Å². The minimum absolute atomic E-state index is 0.0140. The van der Waals surface area contributed by atoms with Crippen molar-refractivity contribution in [1.29, 1.82) is 0 Å². The van der Waals surface area contributed by atoms with Gasteiger partial charge in [-0.1, -0.05) is 17.7 Å². The van der Waals surface area contributed by atoms with Crippen molar-refractivity contribution < 1.29 is 27.1 Å². The van der Waals surface area contributed by atoms with E-state index in [9.17, 15) is 22.4 Å². The number of ether oxygens (including phenoxy) is 1. The molecule has 0 aliphatic heterocycles. The van der Waals surface area contributed by atoms with Crippen molar-refractivity contribution in [2.45, 2.75) is 18.7 Å². The first-order chi connectivity index (χ1) is 14.5. The van der Waals surface area contributed by atoms with Crippen LogP contribution in [0, 0.1) is 19.7 Å². The number of esters is 1. The third-order valence-electron chi connectivity index (χ3n) is 4.70. The van der Waals surface area contributed by atoms with Gasteiger partial charge in [0.05, 0.1) is 15.5 Å². The number of benzene rings is 2. The van der Waals surface area contributed by atoms with Crippen LogP contribution < -0.4 is 0 Å². The molecular formula is C22H19ClFNO5S. The number of aromatic nitrogens is 1. The van der Waals surface area contributed by atoms with E-state index in [4.69, 9.17) is 16.3 Å². The smallest absolute Gasteiger partial charge is 0.338 e. The minimum atomic E-state index is -3.64. The van der Waals surface area contributed by atoms with Crippen LogP contribution in [0.4, 0.5) is 4.39 Å². The fourth-order valence-corrected chi connectivity index (χ4v) is 4.57. The highest BCUT2D eigenvalue weighted by Gasteiger charge is 2.20. The third-order valence-corrected chi connectivity index (χ3v) is 6.28. The maximum Gasteiger partial charge on any atom is 0.338 e. The van der Waals surface area contributed by atoms with Gasteiger partial charge >= 0.3 is 5.97 Å². The molecule has 0 amide bonds. The summed E-state index contributed by atoms with van der Waals surface area (Å²) in [6.45, 7) is 2.95. The standard InChI is InChI=1S/C22H19ClFNO5S/c1-13-9-18(14(2)25(13)17-6-4-5-16(24)11-17)20(26)12-30-22(27)15-7-8-19(23)21(10-15)31(3,28)29/h4-11H,12H2,1-3H3. The molecule has 2 aromatic carbocycles. The number of Topliss-reactive ketones (excluding diaryl/α,β-unsaturated/α-hetero) is 1. The second-order valence-electron chi connectivity index (χ2n) is 7.02. The molecule has 0 radical (unpaired) electrons. The molecule has 3 aromatic rings. The Balaban J connectivity index is 1.79. The first-order valence-corrected chi connectivity index (χ1v) is 11.4. The number of aryl methyl sites for hydroxylation is 1. The van der Waals surface area contributed by atoms with E-state index in [1.165, 1.54) is 24.3 Å². The lowest BCUT2D eigenvalue weighted by Crippen LogP contribution is -2.15. The van der Waals surface area contributed by atoms with Gasteiger partial charge in [-0.3, -0.25) is 4.79 Å². The molecule has 3 rings (SSSR count). The van der Waals surface area contributed by atoms with Crippen molar-refractivity contribution in [2.75, 3.05) is 12.9 Å². The first kappa shape index (κ1) is 22.7. The molecule has 9 heteroatoms. The van der Waals surface area contributed by atoms with Gasteiger partial charge in [-0.05, 0) is 56.3 Å². The molecule has 0 saturated heterocycles. The number of carbonyl (C=O) groups is 2.